The van der Waals surface area contributed by atoms with Gasteiger partial charge in [-0.3, -0.25) is 0 Å². The summed E-state index contributed by atoms with van der Waals surface area (Å²) < 4.78 is 44.9. The summed E-state index contributed by atoms with van der Waals surface area (Å²) in [6.07, 6.45) is -4.00. The van der Waals surface area contributed by atoms with Crippen molar-refractivity contribution in [2.75, 3.05) is 19.5 Å². The number of aryl methyl sites for hydroxylation is 1. The number of halogens is 3. The summed E-state index contributed by atoms with van der Waals surface area (Å²) in [6, 6.07) is 4.56. The van der Waals surface area contributed by atoms with Crippen LogP contribution in [-0.4, -0.2) is 23.3 Å². The highest BCUT2D eigenvalue weighted by Gasteiger charge is 2.37. The van der Waals surface area contributed by atoms with Crippen LogP contribution >= 0.6 is 0 Å². The number of methoxy groups -OCH3 is 1. The van der Waals surface area contributed by atoms with Crippen LogP contribution in [0, 0.1) is 0 Å². The maximum Gasteiger partial charge on any atom is 0.449 e. The van der Waals surface area contributed by atoms with Crippen LogP contribution in [0.1, 0.15) is 12.2 Å². The van der Waals surface area contributed by atoms with Gasteiger partial charge in [-0.05, 0) is 24.6 Å². The van der Waals surface area contributed by atoms with Gasteiger partial charge in [-0.2, -0.15) is 13.2 Å². The first-order valence-corrected chi connectivity index (χ1v) is 5.75. The van der Waals surface area contributed by atoms with Gasteiger partial charge in [0.15, 0.2) is 0 Å². The molecule has 7 heteroatoms. The van der Waals surface area contributed by atoms with Crippen molar-refractivity contribution < 1.29 is 17.9 Å². The highest BCUT2D eigenvalue weighted by molar-refractivity contribution is 5.79. The highest BCUT2D eigenvalue weighted by atomic mass is 19.4. The maximum atomic E-state index is 13.0. The summed E-state index contributed by atoms with van der Waals surface area (Å²) >= 11 is 0. The largest absolute Gasteiger partial charge is 0.449 e. The predicted octanol–water partition coefficient (Wildman–Crippen LogP) is 2.67. The molecule has 0 atom stereocenters. The molecule has 2 N–H and O–H groups in total. The molecule has 0 amide bonds. The van der Waals surface area contributed by atoms with Gasteiger partial charge in [0.05, 0.1) is 11.0 Å². The average molecular weight is 273 g/mol. The third-order valence-electron chi connectivity index (χ3n) is 2.76. The second-order valence-corrected chi connectivity index (χ2v) is 4.18. The van der Waals surface area contributed by atoms with E-state index in [4.69, 9.17) is 10.5 Å². The van der Waals surface area contributed by atoms with Crippen LogP contribution in [-0.2, 0) is 17.5 Å². The van der Waals surface area contributed by atoms with Gasteiger partial charge in [0, 0.05) is 25.9 Å². The number of hydrogen-bond acceptors (Lipinski definition) is 3. The van der Waals surface area contributed by atoms with Crippen LogP contribution in [0.3, 0.4) is 0 Å². The van der Waals surface area contributed by atoms with Crippen LogP contribution in [0.2, 0.25) is 0 Å². The standard InChI is InChI=1S/C12H14F3N3O/c1-19-6-2-5-18-10-4-3-8(16)7-9(10)17-11(18)12(13,14)15/h3-4,7H,2,5-6,16H2,1H3. The Bertz CT molecular complexity index is 577. The van der Waals surface area contributed by atoms with Crippen molar-refractivity contribution >= 4 is 16.7 Å². The lowest BCUT2D eigenvalue weighted by Gasteiger charge is -2.11. The molecule has 4 nitrogen and oxygen atoms in total. The minimum Gasteiger partial charge on any atom is -0.399 e. The molecule has 19 heavy (non-hydrogen) atoms. The molecule has 1 heterocycles. The zero-order valence-electron chi connectivity index (χ0n) is 10.4. The number of nitrogens with zero attached hydrogens (tertiary/aromatic N) is 2. The number of aromatic nitrogens is 2. The lowest BCUT2D eigenvalue weighted by Crippen LogP contribution is -2.15. The van der Waals surface area contributed by atoms with Crippen molar-refractivity contribution in [2.45, 2.75) is 19.1 Å². The van der Waals surface area contributed by atoms with Crippen molar-refractivity contribution in [1.29, 1.82) is 0 Å². The summed E-state index contributed by atoms with van der Waals surface area (Å²) in [7, 11) is 1.51. The van der Waals surface area contributed by atoms with Gasteiger partial charge in [0.1, 0.15) is 0 Å². The molecule has 0 radical (unpaired) electrons. The Labute approximate surface area is 108 Å². The number of nitrogen functional groups attached to an aromatic ring is 1. The van der Waals surface area contributed by atoms with Gasteiger partial charge < -0.3 is 15.0 Å². The maximum absolute atomic E-state index is 13.0. The van der Waals surface area contributed by atoms with E-state index in [1.165, 1.54) is 13.2 Å². The fraction of sp³-hybridized carbons (Fsp3) is 0.417. The van der Waals surface area contributed by atoms with Crippen molar-refractivity contribution in [2.24, 2.45) is 0 Å². The van der Waals surface area contributed by atoms with E-state index in [-0.39, 0.29) is 12.1 Å². The second kappa shape index (κ2) is 5.08. The Hall–Kier alpha value is -1.76. The van der Waals surface area contributed by atoms with Crippen LogP contribution in [0.15, 0.2) is 18.2 Å². The fourth-order valence-corrected chi connectivity index (χ4v) is 1.96. The number of rotatable bonds is 4. The number of imidazole rings is 1. The molecule has 0 aliphatic carbocycles. The molecule has 0 saturated carbocycles. The molecule has 0 saturated heterocycles. The smallest absolute Gasteiger partial charge is 0.399 e. The van der Waals surface area contributed by atoms with Crippen molar-refractivity contribution in [3.05, 3.63) is 24.0 Å². The SMILES string of the molecule is COCCCn1c(C(F)(F)F)nc2cc(N)ccc21. The molecule has 0 unspecified atom stereocenters. The molecule has 0 spiro atoms. The Balaban J connectivity index is 2.49. The third-order valence-corrected chi connectivity index (χ3v) is 2.76. The number of anilines is 1. The first-order valence-electron chi connectivity index (χ1n) is 5.75. The first kappa shape index (κ1) is 13.7. The average Bonchev–Trinajstić information content (AvgIpc) is 2.67. The number of benzene rings is 1. The third kappa shape index (κ3) is 2.81. The summed E-state index contributed by atoms with van der Waals surface area (Å²) in [5, 5.41) is 0. The molecule has 0 aliphatic heterocycles. The Morgan fingerprint density at radius 1 is 1.37 bits per heavy atom. The van der Waals surface area contributed by atoms with E-state index in [1.807, 2.05) is 0 Å². The van der Waals surface area contributed by atoms with E-state index >= 15 is 0 Å². The summed E-state index contributed by atoms with van der Waals surface area (Å²) in [5.41, 5.74) is 6.64. The zero-order chi connectivity index (χ0) is 14.0. The van der Waals surface area contributed by atoms with Gasteiger partial charge in [-0.15, -0.1) is 0 Å². The molecule has 0 fully saturated rings. The Kier molecular flexibility index (Phi) is 3.66. The van der Waals surface area contributed by atoms with E-state index in [0.29, 0.717) is 24.2 Å². The molecule has 1 aromatic heterocycles. The van der Waals surface area contributed by atoms with Crippen molar-refractivity contribution in [3.8, 4) is 0 Å². The van der Waals surface area contributed by atoms with Crippen LogP contribution in [0.4, 0.5) is 18.9 Å². The van der Waals surface area contributed by atoms with Crippen molar-refractivity contribution in [1.82, 2.24) is 9.55 Å². The number of hydrogen-bond donors (Lipinski definition) is 1. The quantitative estimate of drug-likeness (QED) is 0.688. The van der Waals surface area contributed by atoms with Gasteiger partial charge in [-0.25, -0.2) is 4.98 Å². The number of ether oxygens (including phenoxy) is 1. The minimum atomic E-state index is -4.49. The first-order chi connectivity index (χ1) is 8.93. The van der Waals surface area contributed by atoms with Gasteiger partial charge in [0.2, 0.25) is 5.82 Å². The molecule has 2 aromatic rings. The second-order valence-electron chi connectivity index (χ2n) is 4.18. The predicted molar refractivity (Wildman–Crippen MR) is 65.6 cm³/mol. The highest BCUT2D eigenvalue weighted by Crippen LogP contribution is 2.32. The number of alkyl halides is 3. The van der Waals surface area contributed by atoms with Crippen LogP contribution < -0.4 is 5.73 Å². The van der Waals surface area contributed by atoms with Crippen LogP contribution in [0.5, 0.6) is 0 Å². The molecular weight excluding hydrogens is 259 g/mol. The van der Waals surface area contributed by atoms with Gasteiger partial charge in [-0.1, -0.05) is 0 Å². The Morgan fingerprint density at radius 2 is 2.11 bits per heavy atom. The molecule has 0 bridgehead atoms. The molecule has 2 rings (SSSR count). The van der Waals surface area contributed by atoms with E-state index in [9.17, 15) is 13.2 Å². The lowest BCUT2D eigenvalue weighted by atomic mass is 10.3. The zero-order valence-corrected chi connectivity index (χ0v) is 10.4. The lowest BCUT2D eigenvalue weighted by molar-refractivity contribution is -0.147. The molecule has 104 valence electrons. The number of fused-ring (bicyclic) bond motifs is 1. The monoisotopic (exact) mass is 273 g/mol. The fourth-order valence-electron chi connectivity index (χ4n) is 1.96. The summed E-state index contributed by atoms with van der Waals surface area (Å²) in [6.45, 7) is 0.592. The topological polar surface area (TPSA) is 53.1 Å². The number of nitrogens with two attached hydrogens (primary N) is 1. The van der Waals surface area contributed by atoms with E-state index in [1.54, 1.807) is 12.1 Å². The van der Waals surface area contributed by atoms with E-state index < -0.39 is 12.0 Å². The van der Waals surface area contributed by atoms with Gasteiger partial charge in [0.25, 0.3) is 0 Å². The molecule has 1 aromatic carbocycles. The van der Waals surface area contributed by atoms with Crippen LogP contribution in [0.25, 0.3) is 11.0 Å². The Morgan fingerprint density at radius 3 is 2.74 bits per heavy atom. The minimum absolute atomic E-state index is 0.198. The summed E-state index contributed by atoms with van der Waals surface area (Å²) in [5.74, 6) is -0.899. The van der Waals surface area contributed by atoms with Crippen molar-refractivity contribution in [3.63, 3.8) is 0 Å². The van der Waals surface area contributed by atoms with Gasteiger partial charge >= 0.3 is 6.18 Å². The molecule has 0 aliphatic rings. The normalized spacial score (nSPS) is 12.2. The molecular formula is C12H14F3N3O. The summed E-state index contributed by atoms with van der Waals surface area (Å²) in [4.78, 5) is 3.64. The van der Waals surface area contributed by atoms with E-state index in [2.05, 4.69) is 4.98 Å². The van der Waals surface area contributed by atoms with E-state index in [0.717, 1.165) is 4.57 Å².